The van der Waals surface area contributed by atoms with Gasteiger partial charge in [-0.15, -0.1) is 0 Å². The molecule has 2 amide bonds. The Morgan fingerprint density at radius 3 is 2.80 bits per heavy atom. The number of oxazole rings is 1. The van der Waals surface area contributed by atoms with Gasteiger partial charge in [-0.1, -0.05) is 13.8 Å². The zero-order chi connectivity index (χ0) is 14.8. The van der Waals surface area contributed by atoms with E-state index in [1.165, 1.54) is 0 Å². The zero-order valence-electron chi connectivity index (χ0n) is 12.2. The van der Waals surface area contributed by atoms with Crippen LogP contribution in [0.3, 0.4) is 0 Å². The average Bonchev–Trinajstić information content (AvgIpc) is 2.86. The first-order valence-electron chi connectivity index (χ1n) is 7.02. The molecule has 0 spiro atoms. The Labute approximate surface area is 118 Å². The highest BCUT2D eigenvalue weighted by atomic mass is 16.4. The lowest BCUT2D eigenvalue weighted by atomic mass is 9.97. The molecule has 0 radical (unpaired) electrons. The van der Waals surface area contributed by atoms with Crippen LogP contribution in [0.15, 0.2) is 10.6 Å². The van der Waals surface area contributed by atoms with E-state index in [0.717, 1.165) is 12.2 Å². The number of amides is 2. The average molecular weight is 279 g/mol. The molecule has 1 aromatic heterocycles. The molecule has 1 atom stereocenters. The van der Waals surface area contributed by atoms with Crippen molar-refractivity contribution in [3.8, 4) is 0 Å². The van der Waals surface area contributed by atoms with Crippen molar-refractivity contribution in [3.05, 3.63) is 17.8 Å². The van der Waals surface area contributed by atoms with Gasteiger partial charge in [0.1, 0.15) is 11.3 Å². The Hall–Kier alpha value is -1.85. The second-order valence-corrected chi connectivity index (χ2v) is 5.28. The van der Waals surface area contributed by atoms with Gasteiger partial charge in [0, 0.05) is 19.4 Å². The number of carbonyl (C=O) groups excluding carboxylic acids is 2. The van der Waals surface area contributed by atoms with Crippen LogP contribution >= 0.6 is 0 Å². The van der Waals surface area contributed by atoms with Crippen molar-refractivity contribution in [2.24, 2.45) is 0 Å². The number of rotatable bonds is 4. The standard InChI is InChI=1S/C14H21N3O3/c1-4-10-8-15-12(20-10)9-17-7-6-11(18)16-14(3,5-2)13(17)19/h8H,4-7,9H2,1-3H3,(H,16,18). The van der Waals surface area contributed by atoms with Gasteiger partial charge in [-0.2, -0.15) is 0 Å². The molecule has 0 aromatic carbocycles. The fourth-order valence-electron chi connectivity index (χ4n) is 2.25. The molecular weight excluding hydrogens is 258 g/mol. The Morgan fingerprint density at radius 1 is 1.45 bits per heavy atom. The number of hydrogen-bond acceptors (Lipinski definition) is 4. The van der Waals surface area contributed by atoms with E-state index < -0.39 is 5.54 Å². The quantitative estimate of drug-likeness (QED) is 0.900. The van der Waals surface area contributed by atoms with Crippen molar-refractivity contribution in [1.82, 2.24) is 15.2 Å². The number of aryl methyl sites for hydroxylation is 1. The maximum absolute atomic E-state index is 12.6. The number of aromatic nitrogens is 1. The van der Waals surface area contributed by atoms with E-state index in [-0.39, 0.29) is 11.8 Å². The molecule has 20 heavy (non-hydrogen) atoms. The molecule has 1 aliphatic heterocycles. The van der Waals surface area contributed by atoms with Crippen molar-refractivity contribution in [1.29, 1.82) is 0 Å². The lowest BCUT2D eigenvalue weighted by molar-refractivity contribution is -0.139. The van der Waals surface area contributed by atoms with Crippen LogP contribution in [0.4, 0.5) is 0 Å². The van der Waals surface area contributed by atoms with E-state index in [2.05, 4.69) is 10.3 Å². The Balaban J connectivity index is 2.17. The summed E-state index contributed by atoms with van der Waals surface area (Å²) in [4.78, 5) is 30.1. The third-order valence-electron chi connectivity index (χ3n) is 3.77. The molecule has 1 unspecified atom stereocenters. The summed E-state index contributed by atoms with van der Waals surface area (Å²) < 4.78 is 5.54. The first-order chi connectivity index (χ1) is 9.48. The number of hydrogen-bond donors (Lipinski definition) is 1. The zero-order valence-corrected chi connectivity index (χ0v) is 12.2. The van der Waals surface area contributed by atoms with E-state index in [9.17, 15) is 9.59 Å². The molecule has 6 heteroatoms. The van der Waals surface area contributed by atoms with Crippen molar-refractivity contribution < 1.29 is 14.0 Å². The Kier molecular flexibility index (Phi) is 4.11. The van der Waals surface area contributed by atoms with E-state index in [0.29, 0.717) is 31.8 Å². The van der Waals surface area contributed by atoms with Crippen LogP contribution in [0.25, 0.3) is 0 Å². The molecule has 0 bridgehead atoms. The molecule has 1 N–H and O–H groups in total. The maximum atomic E-state index is 12.6. The van der Waals surface area contributed by atoms with E-state index in [4.69, 9.17) is 4.42 Å². The van der Waals surface area contributed by atoms with Gasteiger partial charge in [0.25, 0.3) is 0 Å². The number of nitrogens with zero attached hydrogens (tertiary/aromatic N) is 2. The van der Waals surface area contributed by atoms with Gasteiger partial charge in [0.2, 0.25) is 17.7 Å². The van der Waals surface area contributed by atoms with Crippen molar-refractivity contribution in [2.45, 2.75) is 52.1 Å². The monoisotopic (exact) mass is 279 g/mol. The predicted octanol–water partition coefficient (Wildman–Crippen LogP) is 1.25. The highest BCUT2D eigenvalue weighted by molar-refractivity contribution is 5.93. The summed E-state index contributed by atoms with van der Waals surface area (Å²) in [5.74, 6) is 1.15. The molecule has 1 aliphatic rings. The lowest BCUT2D eigenvalue weighted by Gasteiger charge is -2.30. The SMILES string of the molecule is CCc1cnc(CN2CCC(=O)NC(C)(CC)C2=O)o1. The molecule has 6 nitrogen and oxygen atoms in total. The number of carbonyl (C=O) groups is 2. The summed E-state index contributed by atoms with van der Waals surface area (Å²) in [6.45, 7) is 6.34. The summed E-state index contributed by atoms with van der Waals surface area (Å²) in [5, 5.41) is 2.81. The molecular formula is C14H21N3O3. The second kappa shape index (κ2) is 5.64. The summed E-state index contributed by atoms with van der Waals surface area (Å²) in [7, 11) is 0. The highest BCUT2D eigenvalue weighted by Crippen LogP contribution is 2.19. The van der Waals surface area contributed by atoms with Gasteiger partial charge in [-0.3, -0.25) is 9.59 Å². The van der Waals surface area contributed by atoms with Gasteiger partial charge in [0.05, 0.1) is 12.7 Å². The first-order valence-corrected chi connectivity index (χ1v) is 7.02. The summed E-state index contributed by atoms with van der Waals surface area (Å²) >= 11 is 0. The highest BCUT2D eigenvalue weighted by Gasteiger charge is 2.39. The molecule has 2 rings (SSSR count). The molecule has 0 saturated carbocycles. The molecule has 1 fully saturated rings. The molecule has 0 aliphatic carbocycles. The minimum absolute atomic E-state index is 0.0814. The van der Waals surface area contributed by atoms with Gasteiger partial charge < -0.3 is 14.6 Å². The van der Waals surface area contributed by atoms with E-state index in [1.54, 1.807) is 18.0 Å². The fraction of sp³-hybridized carbons (Fsp3) is 0.643. The van der Waals surface area contributed by atoms with Gasteiger partial charge in [-0.05, 0) is 13.3 Å². The smallest absolute Gasteiger partial charge is 0.248 e. The largest absolute Gasteiger partial charge is 0.444 e. The van der Waals surface area contributed by atoms with Gasteiger partial charge in [-0.25, -0.2) is 4.98 Å². The van der Waals surface area contributed by atoms with Crippen LogP contribution < -0.4 is 5.32 Å². The summed E-state index contributed by atoms with van der Waals surface area (Å²) in [6, 6.07) is 0. The Morgan fingerprint density at radius 2 is 2.20 bits per heavy atom. The fourth-order valence-corrected chi connectivity index (χ4v) is 2.25. The third kappa shape index (κ3) is 2.84. The minimum Gasteiger partial charge on any atom is -0.444 e. The first kappa shape index (κ1) is 14.6. The molecule has 1 aromatic rings. The maximum Gasteiger partial charge on any atom is 0.248 e. The predicted molar refractivity (Wildman–Crippen MR) is 72.8 cm³/mol. The van der Waals surface area contributed by atoms with Crippen LogP contribution in [-0.4, -0.2) is 33.8 Å². The number of nitrogens with one attached hydrogen (secondary N) is 1. The molecule has 110 valence electrons. The van der Waals surface area contributed by atoms with Crippen LogP contribution in [0.1, 0.15) is 45.3 Å². The minimum atomic E-state index is -0.840. The van der Waals surface area contributed by atoms with Crippen LogP contribution in [0.2, 0.25) is 0 Å². The third-order valence-corrected chi connectivity index (χ3v) is 3.77. The topological polar surface area (TPSA) is 75.4 Å². The summed E-state index contributed by atoms with van der Waals surface area (Å²) in [5.41, 5.74) is -0.840. The van der Waals surface area contributed by atoms with E-state index >= 15 is 0 Å². The van der Waals surface area contributed by atoms with Crippen molar-refractivity contribution >= 4 is 11.8 Å². The van der Waals surface area contributed by atoms with E-state index in [1.807, 2.05) is 13.8 Å². The van der Waals surface area contributed by atoms with Crippen LogP contribution in [0, 0.1) is 0 Å². The Bertz CT molecular complexity index is 512. The van der Waals surface area contributed by atoms with Crippen molar-refractivity contribution in [3.63, 3.8) is 0 Å². The van der Waals surface area contributed by atoms with Crippen LogP contribution in [0.5, 0.6) is 0 Å². The lowest BCUT2D eigenvalue weighted by Crippen LogP contribution is -2.54. The molecule has 2 heterocycles. The van der Waals surface area contributed by atoms with Gasteiger partial charge in [0.15, 0.2) is 0 Å². The second-order valence-electron chi connectivity index (χ2n) is 5.28. The van der Waals surface area contributed by atoms with Crippen LogP contribution in [-0.2, 0) is 22.6 Å². The normalized spacial score (nSPS) is 23.6. The van der Waals surface area contributed by atoms with Crippen molar-refractivity contribution in [2.75, 3.05) is 6.54 Å². The molecule has 1 saturated heterocycles. The summed E-state index contributed by atoms with van der Waals surface area (Å²) in [6.07, 6.45) is 3.32. The van der Waals surface area contributed by atoms with Gasteiger partial charge >= 0.3 is 0 Å².